The summed E-state index contributed by atoms with van der Waals surface area (Å²) in [6.45, 7) is 1.67. The molecule has 25 heavy (non-hydrogen) atoms. The maximum absolute atomic E-state index is 12.5. The van der Waals surface area contributed by atoms with E-state index in [9.17, 15) is 18.0 Å². The Morgan fingerprint density at radius 2 is 1.72 bits per heavy atom. The first-order valence-electron chi connectivity index (χ1n) is 7.27. The average Bonchev–Trinajstić information content (AvgIpc) is 2.53. The van der Waals surface area contributed by atoms with Crippen molar-refractivity contribution in [3.8, 4) is 17.2 Å². The smallest absolute Gasteiger partial charge is 0.416 e. The highest BCUT2D eigenvalue weighted by molar-refractivity contribution is 5.79. The van der Waals surface area contributed by atoms with Crippen LogP contribution in [0.15, 0.2) is 60.7 Å². The molecule has 0 spiro atoms. The van der Waals surface area contributed by atoms with Gasteiger partial charge in [-0.1, -0.05) is 6.07 Å². The van der Waals surface area contributed by atoms with E-state index in [-0.39, 0.29) is 5.75 Å². The predicted molar refractivity (Wildman–Crippen MR) is 84.8 cm³/mol. The monoisotopic (exact) mass is 352 g/mol. The second-order valence-electron chi connectivity index (χ2n) is 5.12. The molecule has 0 aliphatic rings. The normalized spacial score (nSPS) is 12.8. The second-order valence-corrected chi connectivity index (χ2v) is 5.12. The Morgan fingerprint density at radius 3 is 2.32 bits per heavy atom. The molecule has 0 aliphatic carbocycles. The Hall–Kier alpha value is -2.96. The topological polar surface area (TPSA) is 55.8 Å². The van der Waals surface area contributed by atoms with Gasteiger partial charge in [-0.05, 0) is 49.4 Å². The fraction of sp³-hybridized carbons (Fsp3) is 0.167. The molecule has 0 amide bonds. The van der Waals surface area contributed by atoms with Crippen LogP contribution in [0.4, 0.5) is 13.2 Å². The lowest BCUT2D eigenvalue weighted by atomic mass is 10.2. The first kappa shape index (κ1) is 18.4. The SMILES string of the molecule is CC(C=CC(=O)O)Oc1cccc(Oc2ccc(C(F)(F)F)cc2)c1. The van der Waals surface area contributed by atoms with Gasteiger partial charge in [0.25, 0.3) is 0 Å². The highest BCUT2D eigenvalue weighted by Gasteiger charge is 2.30. The van der Waals surface area contributed by atoms with Gasteiger partial charge in [-0.3, -0.25) is 0 Å². The van der Waals surface area contributed by atoms with Crippen LogP contribution < -0.4 is 9.47 Å². The highest BCUT2D eigenvalue weighted by Crippen LogP contribution is 2.32. The van der Waals surface area contributed by atoms with Gasteiger partial charge in [0.15, 0.2) is 0 Å². The van der Waals surface area contributed by atoms with Crippen LogP contribution >= 0.6 is 0 Å². The summed E-state index contributed by atoms with van der Waals surface area (Å²) in [6.07, 6.45) is -2.51. The zero-order valence-corrected chi connectivity index (χ0v) is 13.2. The number of alkyl halides is 3. The van der Waals surface area contributed by atoms with Crippen molar-refractivity contribution in [1.82, 2.24) is 0 Å². The summed E-state index contributed by atoms with van der Waals surface area (Å²) in [4.78, 5) is 10.5. The van der Waals surface area contributed by atoms with Gasteiger partial charge in [-0.15, -0.1) is 0 Å². The van der Waals surface area contributed by atoms with Crippen molar-refractivity contribution >= 4 is 5.97 Å². The van der Waals surface area contributed by atoms with Gasteiger partial charge >= 0.3 is 12.1 Å². The van der Waals surface area contributed by atoms with Gasteiger partial charge in [-0.25, -0.2) is 4.79 Å². The largest absolute Gasteiger partial charge is 0.487 e. The van der Waals surface area contributed by atoms with Crippen LogP contribution in [0.3, 0.4) is 0 Å². The molecule has 2 aromatic rings. The van der Waals surface area contributed by atoms with Crippen molar-refractivity contribution in [2.75, 3.05) is 0 Å². The minimum atomic E-state index is -4.40. The molecule has 0 saturated carbocycles. The predicted octanol–water partition coefficient (Wildman–Crippen LogP) is 4.91. The summed E-state index contributed by atoms with van der Waals surface area (Å²) in [5.41, 5.74) is -0.754. The number of ether oxygens (including phenoxy) is 2. The Morgan fingerprint density at radius 1 is 1.08 bits per heavy atom. The summed E-state index contributed by atoms with van der Waals surface area (Å²) in [6, 6.07) is 10.8. The summed E-state index contributed by atoms with van der Waals surface area (Å²) in [7, 11) is 0. The fourth-order valence-electron chi connectivity index (χ4n) is 1.93. The molecule has 2 aromatic carbocycles. The number of carbonyl (C=O) groups is 1. The molecule has 0 radical (unpaired) electrons. The molecule has 0 saturated heterocycles. The maximum Gasteiger partial charge on any atom is 0.416 e. The van der Waals surface area contributed by atoms with Crippen LogP contribution in [0.25, 0.3) is 0 Å². The number of aliphatic carboxylic acids is 1. The van der Waals surface area contributed by atoms with Crippen molar-refractivity contribution in [3.05, 3.63) is 66.2 Å². The Bertz CT molecular complexity index is 752. The average molecular weight is 352 g/mol. The quantitative estimate of drug-likeness (QED) is 0.751. The van der Waals surface area contributed by atoms with Crippen LogP contribution in [0.5, 0.6) is 17.2 Å². The molecule has 7 heteroatoms. The van der Waals surface area contributed by atoms with E-state index in [1.54, 1.807) is 31.2 Å². The lowest BCUT2D eigenvalue weighted by Gasteiger charge is -2.13. The van der Waals surface area contributed by atoms with Crippen molar-refractivity contribution in [1.29, 1.82) is 0 Å². The van der Waals surface area contributed by atoms with Crippen LogP contribution in [-0.4, -0.2) is 17.2 Å². The molecule has 1 atom stereocenters. The van der Waals surface area contributed by atoms with Crippen molar-refractivity contribution in [2.24, 2.45) is 0 Å². The Labute approximate surface area is 142 Å². The molecule has 1 N–H and O–H groups in total. The highest BCUT2D eigenvalue weighted by atomic mass is 19.4. The van der Waals surface area contributed by atoms with Crippen LogP contribution in [0.2, 0.25) is 0 Å². The third-order valence-electron chi connectivity index (χ3n) is 3.05. The third kappa shape index (κ3) is 5.87. The van der Waals surface area contributed by atoms with Gasteiger partial charge in [0.2, 0.25) is 0 Å². The van der Waals surface area contributed by atoms with Crippen LogP contribution in [0, 0.1) is 0 Å². The van der Waals surface area contributed by atoms with Crippen molar-refractivity contribution in [3.63, 3.8) is 0 Å². The van der Waals surface area contributed by atoms with Gasteiger partial charge in [0.1, 0.15) is 23.4 Å². The number of benzene rings is 2. The Balaban J connectivity index is 2.05. The summed E-state index contributed by atoms with van der Waals surface area (Å²) in [5, 5.41) is 8.57. The molecule has 0 aliphatic heterocycles. The first-order chi connectivity index (χ1) is 11.7. The Kier molecular flexibility index (Phi) is 5.69. The molecule has 4 nitrogen and oxygen atoms in total. The number of halogens is 3. The number of hydrogen-bond donors (Lipinski definition) is 1. The molecule has 0 bridgehead atoms. The molecule has 0 aromatic heterocycles. The van der Waals surface area contributed by atoms with E-state index in [0.29, 0.717) is 11.5 Å². The van der Waals surface area contributed by atoms with Crippen LogP contribution in [0.1, 0.15) is 12.5 Å². The fourth-order valence-corrected chi connectivity index (χ4v) is 1.93. The summed E-state index contributed by atoms with van der Waals surface area (Å²) >= 11 is 0. The lowest BCUT2D eigenvalue weighted by Crippen LogP contribution is -2.08. The minimum absolute atomic E-state index is 0.254. The third-order valence-corrected chi connectivity index (χ3v) is 3.05. The van der Waals surface area contributed by atoms with E-state index < -0.39 is 23.8 Å². The van der Waals surface area contributed by atoms with E-state index in [1.807, 2.05) is 0 Å². The second kappa shape index (κ2) is 7.74. The molecule has 1 unspecified atom stereocenters. The molecule has 2 rings (SSSR count). The van der Waals surface area contributed by atoms with Crippen LogP contribution in [-0.2, 0) is 11.0 Å². The van der Waals surface area contributed by atoms with Crippen molar-refractivity contribution < 1.29 is 32.5 Å². The number of carboxylic acid groups (broad SMARTS) is 1. The van der Waals surface area contributed by atoms with Gasteiger partial charge in [-0.2, -0.15) is 13.2 Å². The maximum atomic E-state index is 12.5. The van der Waals surface area contributed by atoms with E-state index in [2.05, 4.69) is 0 Å². The van der Waals surface area contributed by atoms with E-state index in [1.165, 1.54) is 18.2 Å². The first-order valence-corrected chi connectivity index (χ1v) is 7.27. The molecular weight excluding hydrogens is 337 g/mol. The van der Waals surface area contributed by atoms with E-state index in [4.69, 9.17) is 14.6 Å². The molecule has 132 valence electrons. The minimum Gasteiger partial charge on any atom is -0.487 e. The number of carboxylic acids is 1. The van der Waals surface area contributed by atoms with Gasteiger partial charge < -0.3 is 14.6 Å². The van der Waals surface area contributed by atoms with E-state index in [0.717, 1.165) is 18.2 Å². The van der Waals surface area contributed by atoms with E-state index >= 15 is 0 Å². The van der Waals surface area contributed by atoms with Gasteiger partial charge in [0.05, 0.1) is 5.56 Å². The molecule has 0 fully saturated rings. The van der Waals surface area contributed by atoms with Gasteiger partial charge in [0, 0.05) is 12.1 Å². The zero-order valence-electron chi connectivity index (χ0n) is 13.2. The summed E-state index contributed by atoms with van der Waals surface area (Å²) < 4.78 is 48.6. The number of rotatable bonds is 6. The standard InChI is InChI=1S/C18H15F3O4/c1-12(5-10-17(22)23)24-15-3-2-4-16(11-15)25-14-8-6-13(7-9-14)18(19,20)21/h2-12H,1H3,(H,22,23). The van der Waals surface area contributed by atoms with Crippen molar-refractivity contribution in [2.45, 2.75) is 19.2 Å². The summed E-state index contributed by atoms with van der Waals surface area (Å²) in [5.74, 6) is -0.00238. The molecule has 0 heterocycles. The molecular formula is C18H15F3O4. The number of hydrogen-bond acceptors (Lipinski definition) is 3. The zero-order chi connectivity index (χ0) is 18.4. The lowest BCUT2D eigenvalue weighted by molar-refractivity contribution is -0.137.